The number of carbonyl (C=O) groups excluding carboxylic acids is 2. The van der Waals surface area contributed by atoms with Gasteiger partial charge < -0.3 is 25.8 Å². The Hall–Kier alpha value is -3.23. The second kappa shape index (κ2) is 10.4. The number of benzene rings is 1. The van der Waals surface area contributed by atoms with Gasteiger partial charge in [0.05, 0.1) is 37.4 Å². The Labute approximate surface area is 169 Å². The quantitative estimate of drug-likeness (QED) is 0.531. The maximum atomic E-state index is 12.2. The van der Waals surface area contributed by atoms with Gasteiger partial charge in [0.25, 0.3) is 0 Å². The summed E-state index contributed by atoms with van der Waals surface area (Å²) in [6.45, 7) is 0.0516. The van der Waals surface area contributed by atoms with E-state index in [9.17, 15) is 14.7 Å². The van der Waals surface area contributed by atoms with E-state index in [4.69, 9.17) is 4.74 Å². The van der Waals surface area contributed by atoms with E-state index >= 15 is 0 Å². The van der Waals surface area contributed by atoms with Crippen LogP contribution in [0.3, 0.4) is 0 Å². The third-order valence-electron chi connectivity index (χ3n) is 4.37. The number of carbonyl (C=O) groups is 2. The molecule has 3 rings (SSSR count). The molecule has 3 atom stereocenters. The largest absolute Gasteiger partial charge is 0.394 e. The Bertz CT molecular complexity index is 829. The predicted octanol–water partition coefficient (Wildman–Crippen LogP) is 1.59. The number of ether oxygens (including phenoxy) is 1. The Balaban J connectivity index is 1.48. The molecule has 0 spiro atoms. The first kappa shape index (κ1) is 20.5. The highest BCUT2D eigenvalue weighted by Gasteiger charge is 2.29. The Morgan fingerprint density at radius 3 is 2.59 bits per heavy atom. The Morgan fingerprint density at radius 2 is 1.86 bits per heavy atom. The molecule has 0 unspecified atom stereocenters. The van der Waals surface area contributed by atoms with E-state index in [2.05, 4.69) is 20.9 Å². The average molecular weight is 396 g/mol. The second-order valence-electron chi connectivity index (χ2n) is 6.57. The molecular weight excluding hydrogens is 372 g/mol. The summed E-state index contributed by atoms with van der Waals surface area (Å²) in [6, 6.07) is 13.6. The molecule has 1 aromatic heterocycles. The van der Waals surface area contributed by atoms with Gasteiger partial charge in [-0.3, -0.25) is 9.78 Å². The molecule has 0 saturated heterocycles. The second-order valence-corrected chi connectivity index (χ2v) is 6.57. The molecule has 1 aliphatic heterocycles. The van der Waals surface area contributed by atoms with Crippen LogP contribution in [0.15, 0.2) is 66.9 Å². The zero-order chi connectivity index (χ0) is 20.5. The van der Waals surface area contributed by atoms with Crippen molar-refractivity contribution in [1.29, 1.82) is 0 Å². The van der Waals surface area contributed by atoms with Crippen LogP contribution < -0.4 is 16.0 Å². The third kappa shape index (κ3) is 6.41. The minimum Gasteiger partial charge on any atom is -0.394 e. The Morgan fingerprint density at radius 1 is 1.07 bits per heavy atom. The van der Waals surface area contributed by atoms with Gasteiger partial charge in [-0.05, 0) is 24.3 Å². The number of hydrogen-bond donors (Lipinski definition) is 4. The van der Waals surface area contributed by atoms with Crippen molar-refractivity contribution in [1.82, 2.24) is 15.6 Å². The number of rotatable bonds is 7. The highest BCUT2D eigenvalue weighted by molar-refractivity contribution is 5.89. The minimum absolute atomic E-state index is 0.114. The molecule has 0 fully saturated rings. The maximum Gasteiger partial charge on any atom is 0.319 e. The fraction of sp³-hybridized carbons (Fsp3) is 0.286. The molecular formula is C21H24N4O4. The minimum atomic E-state index is -0.643. The lowest BCUT2D eigenvalue weighted by Gasteiger charge is -2.31. The number of aromatic nitrogens is 1. The molecule has 0 saturated carbocycles. The number of pyridine rings is 1. The molecule has 3 amide bonds. The summed E-state index contributed by atoms with van der Waals surface area (Å²) in [4.78, 5) is 28.5. The van der Waals surface area contributed by atoms with Gasteiger partial charge in [0.2, 0.25) is 5.91 Å². The number of anilines is 1. The Kier molecular flexibility index (Phi) is 7.32. The summed E-state index contributed by atoms with van der Waals surface area (Å²) in [5.74, 6) is -0.185. The van der Waals surface area contributed by atoms with Crippen LogP contribution in [0, 0.1) is 0 Å². The van der Waals surface area contributed by atoms with Crippen LogP contribution in [0.25, 0.3) is 0 Å². The predicted molar refractivity (Wildman–Crippen MR) is 108 cm³/mol. The molecule has 2 aromatic rings. The van der Waals surface area contributed by atoms with Crippen LogP contribution >= 0.6 is 0 Å². The molecule has 0 aliphatic carbocycles. The first-order chi connectivity index (χ1) is 14.1. The van der Waals surface area contributed by atoms with Crippen molar-refractivity contribution in [2.45, 2.75) is 31.2 Å². The van der Waals surface area contributed by atoms with Gasteiger partial charge in [-0.15, -0.1) is 0 Å². The number of urea groups is 1. The fourth-order valence-electron chi connectivity index (χ4n) is 2.92. The summed E-state index contributed by atoms with van der Waals surface area (Å²) < 4.78 is 5.77. The van der Waals surface area contributed by atoms with Gasteiger partial charge in [0, 0.05) is 11.9 Å². The number of aliphatic hydroxyl groups is 1. The topological polar surface area (TPSA) is 113 Å². The lowest BCUT2D eigenvalue weighted by Crippen LogP contribution is -2.50. The number of amides is 3. The van der Waals surface area contributed by atoms with E-state index in [1.54, 1.807) is 30.5 Å². The smallest absolute Gasteiger partial charge is 0.319 e. The lowest BCUT2D eigenvalue weighted by molar-refractivity contribution is -0.125. The van der Waals surface area contributed by atoms with Gasteiger partial charge in [0.15, 0.2) is 0 Å². The summed E-state index contributed by atoms with van der Waals surface area (Å²) in [5.41, 5.74) is 1.43. The summed E-state index contributed by atoms with van der Waals surface area (Å²) in [5, 5.41) is 17.9. The molecule has 29 heavy (non-hydrogen) atoms. The third-order valence-corrected chi connectivity index (χ3v) is 4.37. The number of para-hydroxylation sites is 1. The maximum absolute atomic E-state index is 12.2. The van der Waals surface area contributed by atoms with Gasteiger partial charge in [-0.1, -0.05) is 36.4 Å². The summed E-state index contributed by atoms with van der Waals surface area (Å²) in [7, 11) is 0. The summed E-state index contributed by atoms with van der Waals surface area (Å²) in [6.07, 6.45) is 4.12. The number of nitrogens with one attached hydrogen (secondary N) is 3. The van der Waals surface area contributed by atoms with E-state index in [-0.39, 0.29) is 18.9 Å². The first-order valence-corrected chi connectivity index (χ1v) is 9.38. The van der Waals surface area contributed by atoms with Gasteiger partial charge >= 0.3 is 6.03 Å². The van der Waals surface area contributed by atoms with Gasteiger partial charge in [-0.25, -0.2) is 4.79 Å². The SMILES string of the molecule is O=C(C[C@@H]1C=C[C@H](NC(=O)Nc2ccccc2)[C@@H](CO)O1)NCc1ccccn1. The molecule has 8 nitrogen and oxygen atoms in total. The van der Waals surface area contributed by atoms with Crippen molar-refractivity contribution >= 4 is 17.6 Å². The highest BCUT2D eigenvalue weighted by Crippen LogP contribution is 2.16. The van der Waals surface area contributed by atoms with Crippen molar-refractivity contribution in [3.05, 3.63) is 72.6 Å². The zero-order valence-corrected chi connectivity index (χ0v) is 15.8. The fourth-order valence-corrected chi connectivity index (χ4v) is 2.92. The van der Waals surface area contributed by atoms with Crippen molar-refractivity contribution in [3.8, 4) is 0 Å². The van der Waals surface area contributed by atoms with E-state index in [1.165, 1.54) is 0 Å². The highest BCUT2D eigenvalue weighted by atomic mass is 16.5. The van der Waals surface area contributed by atoms with Crippen LogP contribution in [0.1, 0.15) is 12.1 Å². The van der Waals surface area contributed by atoms with Crippen LogP contribution in [0.5, 0.6) is 0 Å². The molecule has 8 heteroatoms. The number of nitrogens with zero attached hydrogens (tertiary/aromatic N) is 1. The van der Waals surface area contributed by atoms with Crippen molar-refractivity contribution in [2.75, 3.05) is 11.9 Å². The van der Waals surface area contributed by atoms with Crippen LogP contribution in [-0.4, -0.2) is 46.9 Å². The number of hydrogen-bond acceptors (Lipinski definition) is 5. The molecule has 2 heterocycles. The van der Waals surface area contributed by atoms with E-state index in [1.807, 2.05) is 36.4 Å². The molecule has 1 aromatic carbocycles. The lowest BCUT2D eigenvalue weighted by atomic mass is 10.0. The van der Waals surface area contributed by atoms with Crippen molar-refractivity contribution < 1.29 is 19.4 Å². The molecule has 0 radical (unpaired) electrons. The van der Waals surface area contributed by atoms with Crippen LogP contribution in [-0.2, 0) is 16.1 Å². The van der Waals surface area contributed by atoms with E-state index in [0.717, 1.165) is 5.69 Å². The van der Waals surface area contributed by atoms with Crippen LogP contribution in [0.2, 0.25) is 0 Å². The van der Waals surface area contributed by atoms with Crippen LogP contribution in [0.4, 0.5) is 10.5 Å². The normalized spacial score (nSPS) is 20.7. The standard InChI is InChI=1S/C21H24N4O4/c26-14-19-18(25-21(28)24-15-6-2-1-3-7-15)10-9-17(29-19)12-20(27)23-13-16-8-4-5-11-22-16/h1-11,17-19,26H,12-14H2,(H,23,27)(H2,24,25,28)/t17-,18-,19+/m0/s1. The van der Waals surface area contributed by atoms with Crippen molar-refractivity contribution in [2.24, 2.45) is 0 Å². The van der Waals surface area contributed by atoms with E-state index < -0.39 is 24.3 Å². The van der Waals surface area contributed by atoms with Gasteiger partial charge in [-0.2, -0.15) is 0 Å². The first-order valence-electron chi connectivity index (χ1n) is 9.38. The number of aliphatic hydroxyl groups excluding tert-OH is 1. The zero-order valence-electron chi connectivity index (χ0n) is 15.8. The average Bonchev–Trinajstić information content (AvgIpc) is 2.74. The molecule has 4 N–H and O–H groups in total. The molecule has 1 aliphatic rings. The van der Waals surface area contributed by atoms with E-state index in [0.29, 0.717) is 12.2 Å². The molecule has 0 bridgehead atoms. The van der Waals surface area contributed by atoms with Gasteiger partial charge in [0.1, 0.15) is 6.10 Å². The molecule has 152 valence electrons. The monoisotopic (exact) mass is 396 g/mol. The van der Waals surface area contributed by atoms with Crippen molar-refractivity contribution in [3.63, 3.8) is 0 Å². The summed E-state index contributed by atoms with van der Waals surface area (Å²) >= 11 is 0.